The van der Waals surface area contributed by atoms with Crippen molar-refractivity contribution < 1.29 is 14.3 Å². The van der Waals surface area contributed by atoms with Gasteiger partial charge in [-0.2, -0.15) is 12.6 Å². The number of benzene rings is 1. The number of carbonyl (C=O) groups excluding carboxylic acids is 2. The molecule has 0 radical (unpaired) electrons. The van der Waals surface area contributed by atoms with Crippen LogP contribution in [0.25, 0.3) is 0 Å². The van der Waals surface area contributed by atoms with Crippen molar-refractivity contribution in [3.63, 3.8) is 0 Å². The van der Waals surface area contributed by atoms with Gasteiger partial charge in [0.05, 0.1) is 5.69 Å². The van der Waals surface area contributed by atoms with E-state index in [1.165, 1.54) is 0 Å². The van der Waals surface area contributed by atoms with Crippen LogP contribution in [-0.4, -0.2) is 24.2 Å². The van der Waals surface area contributed by atoms with Crippen LogP contribution >= 0.6 is 12.6 Å². The van der Waals surface area contributed by atoms with Crippen LogP contribution in [0.3, 0.4) is 0 Å². The van der Waals surface area contributed by atoms with E-state index >= 15 is 0 Å². The Morgan fingerprint density at radius 2 is 2.33 bits per heavy atom. The van der Waals surface area contributed by atoms with Gasteiger partial charge in [0, 0.05) is 13.0 Å². The Bertz CT molecular complexity index is 476. The maximum atomic E-state index is 11.3. The minimum absolute atomic E-state index is 0.0389. The Kier molecular flexibility index (Phi) is 4.09. The summed E-state index contributed by atoms with van der Waals surface area (Å²) in [5, 5.41) is 5.50. The third-order valence-electron chi connectivity index (χ3n) is 2.51. The van der Waals surface area contributed by atoms with E-state index in [-0.39, 0.29) is 18.4 Å². The summed E-state index contributed by atoms with van der Waals surface area (Å²) in [6, 6.07) is 5.44. The molecular formula is C12H14N2O3S. The highest BCUT2D eigenvalue weighted by Crippen LogP contribution is 2.28. The zero-order valence-corrected chi connectivity index (χ0v) is 10.6. The molecule has 0 aliphatic carbocycles. The Labute approximate surface area is 110 Å². The van der Waals surface area contributed by atoms with Gasteiger partial charge in [-0.15, -0.1) is 0 Å². The number of thiol groups is 1. The molecule has 2 N–H and O–H groups in total. The molecule has 0 spiro atoms. The maximum absolute atomic E-state index is 11.3. The second-order valence-corrected chi connectivity index (χ2v) is 4.36. The van der Waals surface area contributed by atoms with Crippen LogP contribution in [0, 0.1) is 0 Å². The van der Waals surface area contributed by atoms with Gasteiger partial charge in [-0.25, -0.2) is 0 Å². The number of nitrogens with one attached hydrogen (secondary N) is 2. The number of fused-ring (bicyclic) bond motifs is 1. The van der Waals surface area contributed by atoms with Crippen molar-refractivity contribution in [3.05, 3.63) is 23.8 Å². The van der Waals surface area contributed by atoms with E-state index < -0.39 is 0 Å². The van der Waals surface area contributed by atoms with Gasteiger partial charge in [0.2, 0.25) is 5.91 Å². The van der Waals surface area contributed by atoms with Crippen LogP contribution in [0.2, 0.25) is 0 Å². The summed E-state index contributed by atoms with van der Waals surface area (Å²) in [5.74, 6) is 0.974. The molecule has 5 nitrogen and oxygen atoms in total. The first-order chi connectivity index (χ1) is 8.69. The Morgan fingerprint density at radius 1 is 1.50 bits per heavy atom. The Balaban J connectivity index is 2.00. The van der Waals surface area contributed by atoms with Crippen LogP contribution < -0.4 is 15.4 Å². The molecule has 0 fully saturated rings. The molecule has 1 heterocycles. The smallest absolute Gasteiger partial charge is 0.262 e. The average Bonchev–Trinajstić information content (AvgIpc) is 2.36. The lowest BCUT2D eigenvalue weighted by Crippen LogP contribution is -2.26. The van der Waals surface area contributed by atoms with Gasteiger partial charge in [0.25, 0.3) is 5.91 Å². The van der Waals surface area contributed by atoms with E-state index in [0.717, 1.165) is 5.56 Å². The summed E-state index contributed by atoms with van der Waals surface area (Å²) in [5.41, 5.74) is 1.55. The lowest BCUT2D eigenvalue weighted by molar-refractivity contribution is -0.121. The zero-order chi connectivity index (χ0) is 13.0. The molecule has 0 saturated heterocycles. The molecule has 2 amide bonds. The lowest BCUT2D eigenvalue weighted by atomic mass is 10.1. The third-order valence-corrected chi connectivity index (χ3v) is 2.73. The Hall–Kier alpha value is -1.69. The third kappa shape index (κ3) is 3.16. The van der Waals surface area contributed by atoms with E-state index in [9.17, 15) is 9.59 Å². The normalized spacial score (nSPS) is 13.3. The average molecular weight is 266 g/mol. The van der Waals surface area contributed by atoms with E-state index in [1.54, 1.807) is 12.1 Å². The maximum Gasteiger partial charge on any atom is 0.262 e. The van der Waals surface area contributed by atoms with Gasteiger partial charge in [0.15, 0.2) is 6.61 Å². The fourth-order valence-corrected chi connectivity index (χ4v) is 1.83. The standard InChI is InChI=1S/C12H14N2O3S/c15-11(3-4-18)13-6-8-1-2-10-9(5-8)14-12(16)7-17-10/h1-2,5,18H,3-4,6-7H2,(H,13,15)(H,14,16). The quantitative estimate of drug-likeness (QED) is 0.711. The van der Waals surface area contributed by atoms with Crippen molar-refractivity contribution in [1.29, 1.82) is 0 Å². The predicted molar refractivity (Wildman–Crippen MR) is 70.9 cm³/mol. The number of ether oxygens (including phenoxy) is 1. The molecule has 2 rings (SSSR count). The number of anilines is 1. The number of amides is 2. The Morgan fingerprint density at radius 3 is 3.11 bits per heavy atom. The molecule has 1 aromatic carbocycles. The van der Waals surface area contributed by atoms with Gasteiger partial charge < -0.3 is 15.4 Å². The molecule has 0 atom stereocenters. The largest absolute Gasteiger partial charge is 0.482 e. The van der Waals surface area contributed by atoms with Gasteiger partial charge in [-0.1, -0.05) is 6.07 Å². The first kappa shape index (κ1) is 12.8. The van der Waals surface area contributed by atoms with E-state index in [1.807, 2.05) is 6.07 Å². The molecule has 0 aromatic heterocycles. The molecule has 6 heteroatoms. The van der Waals surface area contributed by atoms with Crippen LogP contribution in [0.4, 0.5) is 5.69 Å². The van der Waals surface area contributed by atoms with E-state index in [0.29, 0.717) is 30.2 Å². The van der Waals surface area contributed by atoms with Gasteiger partial charge >= 0.3 is 0 Å². The molecule has 0 unspecified atom stereocenters. The first-order valence-electron chi connectivity index (χ1n) is 5.62. The fraction of sp³-hybridized carbons (Fsp3) is 0.333. The summed E-state index contributed by atoms with van der Waals surface area (Å²) in [6.07, 6.45) is 0.397. The second kappa shape index (κ2) is 5.77. The lowest BCUT2D eigenvalue weighted by Gasteiger charge is -2.18. The van der Waals surface area contributed by atoms with Crippen molar-refractivity contribution in [2.45, 2.75) is 13.0 Å². The van der Waals surface area contributed by atoms with E-state index in [4.69, 9.17) is 4.74 Å². The second-order valence-electron chi connectivity index (χ2n) is 3.92. The van der Waals surface area contributed by atoms with Gasteiger partial charge in [-0.3, -0.25) is 9.59 Å². The van der Waals surface area contributed by atoms with Crippen LogP contribution in [0.1, 0.15) is 12.0 Å². The van der Waals surface area contributed by atoms with E-state index in [2.05, 4.69) is 23.3 Å². The highest BCUT2D eigenvalue weighted by molar-refractivity contribution is 7.80. The highest BCUT2D eigenvalue weighted by atomic mass is 32.1. The molecule has 0 saturated carbocycles. The summed E-state index contributed by atoms with van der Waals surface area (Å²) in [4.78, 5) is 22.5. The molecule has 1 aliphatic heterocycles. The summed E-state index contributed by atoms with van der Waals surface area (Å²) in [6.45, 7) is 0.473. The van der Waals surface area contributed by atoms with Crippen LogP contribution in [-0.2, 0) is 16.1 Å². The fourth-order valence-electron chi connectivity index (χ4n) is 1.63. The molecule has 18 heavy (non-hydrogen) atoms. The SMILES string of the molecule is O=C(CCS)NCc1ccc2c(c1)NC(=O)CO2. The van der Waals surface area contributed by atoms with Crippen molar-refractivity contribution in [3.8, 4) is 5.75 Å². The molecule has 1 aliphatic rings. The first-order valence-corrected chi connectivity index (χ1v) is 6.25. The highest BCUT2D eigenvalue weighted by Gasteiger charge is 2.15. The topological polar surface area (TPSA) is 67.4 Å². The van der Waals surface area contributed by atoms with Gasteiger partial charge in [-0.05, 0) is 23.4 Å². The van der Waals surface area contributed by atoms with Crippen LogP contribution in [0.15, 0.2) is 18.2 Å². The van der Waals surface area contributed by atoms with Crippen LogP contribution in [0.5, 0.6) is 5.75 Å². The number of carbonyl (C=O) groups is 2. The van der Waals surface area contributed by atoms with Crippen molar-refractivity contribution in [2.75, 3.05) is 17.7 Å². The summed E-state index contributed by atoms with van der Waals surface area (Å²) >= 11 is 3.99. The molecule has 0 bridgehead atoms. The summed E-state index contributed by atoms with van der Waals surface area (Å²) < 4.78 is 5.25. The molecule has 1 aromatic rings. The zero-order valence-electron chi connectivity index (χ0n) is 9.73. The number of rotatable bonds is 4. The predicted octanol–water partition coefficient (Wildman–Crippen LogP) is 0.954. The van der Waals surface area contributed by atoms with Crippen molar-refractivity contribution in [1.82, 2.24) is 5.32 Å². The minimum Gasteiger partial charge on any atom is -0.482 e. The number of hydrogen-bond acceptors (Lipinski definition) is 4. The van der Waals surface area contributed by atoms with Gasteiger partial charge in [0.1, 0.15) is 5.75 Å². The monoisotopic (exact) mass is 266 g/mol. The molecular weight excluding hydrogens is 252 g/mol. The molecule has 96 valence electrons. The number of hydrogen-bond donors (Lipinski definition) is 3. The summed E-state index contributed by atoms with van der Waals surface area (Å²) in [7, 11) is 0. The van der Waals surface area contributed by atoms with Crippen molar-refractivity contribution >= 4 is 30.1 Å². The minimum atomic E-state index is -0.168. The van der Waals surface area contributed by atoms with Crippen molar-refractivity contribution in [2.24, 2.45) is 0 Å².